The van der Waals surface area contributed by atoms with E-state index in [9.17, 15) is 0 Å². The molecule has 1 aromatic rings. The van der Waals surface area contributed by atoms with E-state index in [1.54, 1.807) is 0 Å². The van der Waals surface area contributed by atoms with Gasteiger partial charge in [0.15, 0.2) is 5.96 Å². The molecule has 1 aromatic carbocycles. The zero-order chi connectivity index (χ0) is 19.8. The number of anilines is 1. The zero-order valence-corrected chi connectivity index (χ0v) is 20.7. The molecule has 7 heteroatoms. The van der Waals surface area contributed by atoms with Crippen molar-refractivity contribution in [3.63, 3.8) is 0 Å². The van der Waals surface area contributed by atoms with Gasteiger partial charge in [-0.25, -0.2) is 0 Å². The second-order valence-corrected chi connectivity index (χ2v) is 7.74. The average molecular weight is 515 g/mol. The molecule has 0 amide bonds. The van der Waals surface area contributed by atoms with Crippen LogP contribution in [0.3, 0.4) is 0 Å². The molecule has 0 spiro atoms. The first-order chi connectivity index (χ1) is 13.7. The Morgan fingerprint density at radius 3 is 2.48 bits per heavy atom. The highest BCUT2D eigenvalue weighted by Gasteiger charge is 2.21. The molecule has 3 rings (SSSR count). The van der Waals surface area contributed by atoms with E-state index >= 15 is 0 Å². The van der Waals surface area contributed by atoms with Gasteiger partial charge >= 0.3 is 0 Å². The third kappa shape index (κ3) is 7.00. The van der Waals surface area contributed by atoms with Crippen molar-refractivity contribution in [2.24, 2.45) is 4.99 Å². The van der Waals surface area contributed by atoms with Gasteiger partial charge in [0, 0.05) is 64.6 Å². The highest BCUT2D eigenvalue weighted by molar-refractivity contribution is 14.0. The molecule has 2 aliphatic rings. The van der Waals surface area contributed by atoms with Crippen molar-refractivity contribution in [1.29, 1.82) is 0 Å². The van der Waals surface area contributed by atoms with E-state index in [0.717, 1.165) is 84.5 Å². The molecule has 2 fully saturated rings. The lowest BCUT2D eigenvalue weighted by atomic mass is 10.1. The lowest BCUT2D eigenvalue weighted by Gasteiger charge is -2.38. The fourth-order valence-corrected chi connectivity index (χ4v) is 3.97. The van der Waals surface area contributed by atoms with Gasteiger partial charge in [-0.05, 0) is 44.4 Å². The first kappa shape index (κ1) is 24.2. The summed E-state index contributed by atoms with van der Waals surface area (Å²) in [6.45, 7) is 17.5. The Hall–Kier alpha value is -1.06. The Morgan fingerprint density at radius 1 is 1.07 bits per heavy atom. The van der Waals surface area contributed by atoms with Gasteiger partial charge in [0.25, 0.3) is 0 Å². The summed E-state index contributed by atoms with van der Waals surface area (Å²) in [5.74, 6) is 1.07. The lowest BCUT2D eigenvalue weighted by molar-refractivity contribution is 0.0377. The number of piperazine rings is 1. The van der Waals surface area contributed by atoms with E-state index < -0.39 is 0 Å². The third-order valence-electron chi connectivity index (χ3n) is 5.83. The normalized spacial score (nSPS) is 18.5. The molecule has 1 N–H and O–H groups in total. The number of aliphatic imine (C=N–C) groups is 1. The van der Waals surface area contributed by atoms with Crippen molar-refractivity contribution in [3.05, 3.63) is 29.3 Å². The van der Waals surface area contributed by atoms with Gasteiger partial charge in [-0.15, -0.1) is 24.0 Å². The monoisotopic (exact) mass is 515 g/mol. The average Bonchev–Trinajstić information content (AvgIpc) is 2.73. The number of nitrogens with one attached hydrogen (secondary N) is 1. The topological polar surface area (TPSA) is 43.3 Å². The van der Waals surface area contributed by atoms with E-state index in [1.165, 1.54) is 16.8 Å². The number of morpholine rings is 1. The number of aryl methyl sites for hydroxylation is 1. The summed E-state index contributed by atoms with van der Waals surface area (Å²) in [6, 6.07) is 6.62. The minimum atomic E-state index is 0. The van der Waals surface area contributed by atoms with Crippen LogP contribution in [0.15, 0.2) is 23.2 Å². The first-order valence-corrected chi connectivity index (χ1v) is 10.8. The molecule has 6 nitrogen and oxygen atoms in total. The van der Waals surface area contributed by atoms with Crippen molar-refractivity contribution in [3.8, 4) is 0 Å². The van der Waals surface area contributed by atoms with Crippen LogP contribution in [-0.2, 0) is 4.74 Å². The second kappa shape index (κ2) is 12.6. The summed E-state index contributed by atoms with van der Waals surface area (Å²) in [4.78, 5) is 12.3. The molecule has 0 unspecified atom stereocenters. The van der Waals surface area contributed by atoms with Gasteiger partial charge in [0.05, 0.1) is 13.2 Å². The molecule has 0 aromatic heterocycles. The summed E-state index contributed by atoms with van der Waals surface area (Å²) < 4.78 is 5.42. The van der Waals surface area contributed by atoms with Crippen LogP contribution < -0.4 is 10.2 Å². The van der Waals surface area contributed by atoms with E-state index in [2.05, 4.69) is 59.0 Å². The SMILES string of the molecule is CCNC(=NCCCN1CCOCC1)N1CCN(c2cccc(C)c2C)CC1.I. The smallest absolute Gasteiger partial charge is 0.194 e. The molecule has 0 radical (unpaired) electrons. The second-order valence-electron chi connectivity index (χ2n) is 7.74. The number of rotatable bonds is 6. The quantitative estimate of drug-likeness (QED) is 0.273. The van der Waals surface area contributed by atoms with Crippen molar-refractivity contribution in [1.82, 2.24) is 15.1 Å². The molecule has 0 aliphatic carbocycles. The number of benzene rings is 1. The minimum Gasteiger partial charge on any atom is -0.379 e. The van der Waals surface area contributed by atoms with E-state index in [1.807, 2.05) is 0 Å². The maximum Gasteiger partial charge on any atom is 0.194 e. The summed E-state index contributed by atoms with van der Waals surface area (Å²) in [7, 11) is 0. The molecule has 2 saturated heterocycles. The molecule has 29 heavy (non-hydrogen) atoms. The summed E-state index contributed by atoms with van der Waals surface area (Å²) in [5, 5.41) is 3.49. The minimum absolute atomic E-state index is 0. The standard InChI is InChI=1S/C22H37N5O.HI/c1-4-23-22(24-9-6-10-25-15-17-28-18-16-25)27-13-11-26(12-14-27)21-8-5-7-19(2)20(21)3;/h5,7-8H,4,6,9-18H2,1-3H3,(H,23,24);1H. The van der Waals surface area contributed by atoms with Gasteiger partial charge in [0.2, 0.25) is 0 Å². The fourth-order valence-electron chi connectivity index (χ4n) is 3.97. The third-order valence-corrected chi connectivity index (χ3v) is 5.83. The molecular formula is C22H38IN5O. The van der Waals surface area contributed by atoms with Crippen molar-refractivity contribution < 1.29 is 4.74 Å². The molecule has 2 aliphatic heterocycles. The Balaban J connectivity index is 0.00000300. The van der Waals surface area contributed by atoms with E-state index in [4.69, 9.17) is 9.73 Å². The molecule has 0 atom stereocenters. The van der Waals surface area contributed by atoms with E-state index in [0.29, 0.717) is 0 Å². The maximum absolute atomic E-state index is 5.42. The maximum atomic E-state index is 5.42. The van der Waals surface area contributed by atoms with Crippen molar-refractivity contribution in [2.75, 3.05) is 77.0 Å². The summed E-state index contributed by atoms with van der Waals surface area (Å²) in [5.41, 5.74) is 4.15. The number of hydrogen-bond acceptors (Lipinski definition) is 4. The lowest BCUT2D eigenvalue weighted by Crippen LogP contribution is -2.52. The van der Waals surface area contributed by atoms with Gasteiger partial charge in [0.1, 0.15) is 0 Å². The summed E-state index contributed by atoms with van der Waals surface area (Å²) in [6.07, 6.45) is 1.11. The van der Waals surface area contributed by atoms with Gasteiger partial charge < -0.3 is 19.9 Å². The number of guanidine groups is 1. The number of hydrogen-bond donors (Lipinski definition) is 1. The van der Waals surface area contributed by atoms with Crippen LogP contribution in [-0.4, -0.2) is 87.9 Å². The molecule has 2 heterocycles. The Morgan fingerprint density at radius 2 is 1.79 bits per heavy atom. The summed E-state index contributed by atoms with van der Waals surface area (Å²) >= 11 is 0. The van der Waals surface area contributed by atoms with E-state index in [-0.39, 0.29) is 24.0 Å². The van der Waals surface area contributed by atoms with Crippen LogP contribution in [0.4, 0.5) is 5.69 Å². The van der Waals surface area contributed by atoms with Crippen LogP contribution in [0.25, 0.3) is 0 Å². The van der Waals surface area contributed by atoms with Crippen LogP contribution >= 0.6 is 24.0 Å². The fraction of sp³-hybridized carbons (Fsp3) is 0.682. The van der Waals surface area contributed by atoms with Crippen molar-refractivity contribution >= 4 is 35.6 Å². The first-order valence-electron chi connectivity index (χ1n) is 10.8. The predicted octanol–water partition coefficient (Wildman–Crippen LogP) is 2.73. The van der Waals surface area contributed by atoms with Gasteiger partial charge in [-0.2, -0.15) is 0 Å². The van der Waals surface area contributed by atoms with Crippen LogP contribution in [0.5, 0.6) is 0 Å². The van der Waals surface area contributed by atoms with Crippen LogP contribution in [0.1, 0.15) is 24.5 Å². The number of nitrogens with zero attached hydrogens (tertiary/aromatic N) is 4. The Kier molecular flexibility index (Phi) is 10.5. The van der Waals surface area contributed by atoms with Gasteiger partial charge in [-0.1, -0.05) is 12.1 Å². The zero-order valence-electron chi connectivity index (χ0n) is 18.3. The highest BCUT2D eigenvalue weighted by atomic mass is 127. The highest BCUT2D eigenvalue weighted by Crippen LogP contribution is 2.23. The Bertz CT molecular complexity index is 640. The van der Waals surface area contributed by atoms with Crippen LogP contribution in [0.2, 0.25) is 0 Å². The number of ether oxygens (including phenoxy) is 1. The Labute approximate surface area is 193 Å². The predicted molar refractivity (Wildman–Crippen MR) is 133 cm³/mol. The molecule has 164 valence electrons. The van der Waals surface area contributed by atoms with Gasteiger partial charge in [-0.3, -0.25) is 9.89 Å². The number of halogens is 1. The largest absolute Gasteiger partial charge is 0.379 e. The van der Waals surface area contributed by atoms with Crippen LogP contribution in [0, 0.1) is 13.8 Å². The molecule has 0 saturated carbocycles. The van der Waals surface area contributed by atoms with Crippen molar-refractivity contribution in [2.45, 2.75) is 27.2 Å². The molecular weight excluding hydrogens is 477 g/mol. The molecule has 0 bridgehead atoms.